The topological polar surface area (TPSA) is 128 Å². The normalized spacial score (nSPS) is 22.1. The number of halogens is 6. The third-order valence-electron chi connectivity index (χ3n) is 6.51. The number of alkyl halides is 6. The van der Waals surface area contributed by atoms with Crippen molar-refractivity contribution in [1.82, 2.24) is 14.2 Å². The molecule has 0 radical (unpaired) electrons. The Morgan fingerprint density at radius 3 is 2.05 bits per heavy atom. The minimum absolute atomic E-state index is 0.377. The summed E-state index contributed by atoms with van der Waals surface area (Å²) in [6, 6.07) is 11.4. The number of fused-ring (bicyclic) bond motifs is 2. The van der Waals surface area contributed by atoms with Crippen molar-refractivity contribution in [3.63, 3.8) is 0 Å². The highest BCUT2D eigenvalue weighted by atomic mass is 32.2. The van der Waals surface area contributed by atoms with Gasteiger partial charge in [-0.05, 0) is 48.4 Å². The minimum Gasteiger partial charge on any atom is -0.475 e. The molecule has 2 aromatic rings. The lowest BCUT2D eigenvalue weighted by Gasteiger charge is -2.34. The summed E-state index contributed by atoms with van der Waals surface area (Å²) in [6.45, 7) is 3.23. The van der Waals surface area contributed by atoms with E-state index in [4.69, 9.17) is 19.8 Å². The van der Waals surface area contributed by atoms with Crippen LogP contribution in [0.2, 0.25) is 0 Å². The average molecular weight is 598 g/mol. The molecule has 1 unspecified atom stereocenters. The van der Waals surface area contributed by atoms with Gasteiger partial charge in [-0.3, -0.25) is 4.98 Å². The molecule has 1 saturated carbocycles. The summed E-state index contributed by atoms with van der Waals surface area (Å²) in [7, 11) is -3.49. The Balaban J connectivity index is 0.000000263. The Morgan fingerprint density at radius 1 is 0.975 bits per heavy atom. The molecule has 1 spiro atoms. The van der Waals surface area contributed by atoms with E-state index in [2.05, 4.69) is 9.88 Å². The molecule has 9 nitrogen and oxygen atoms in total. The van der Waals surface area contributed by atoms with Crippen LogP contribution in [0.4, 0.5) is 26.3 Å². The van der Waals surface area contributed by atoms with Gasteiger partial charge in [-0.1, -0.05) is 24.3 Å². The molecule has 1 aromatic carbocycles. The van der Waals surface area contributed by atoms with E-state index in [-0.39, 0.29) is 0 Å². The van der Waals surface area contributed by atoms with Crippen LogP contribution >= 0.6 is 0 Å². The SMILES string of the molecule is O=C(O)C(F)(F)F.O=C(O)C(F)(F)F.O=S1(=O)c2ccccc2C2(CCN(CC3CC3)C2)N1Cc1cccnc1. The number of pyridine rings is 1. The van der Waals surface area contributed by atoms with Crippen molar-refractivity contribution in [2.75, 3.05) is 19.6 Å². The van der Waals surface area contributed by atoms with E-state index < -0.39 is 39.9 Å². The average Bonchev–Trinajstić information content (AvgIpc) is 3.55. The highest BCUT2D eigenvalue weighted by Gasteiger charge is 2.56. The van der Waals surface area contributed by atoms with Crippen LogP contribution in [0.5, 0.6) is 0 Å². The third-order valence-corrected chi connectivity index (χ3v) is 8.48. The summed E-state index contributed by atoms with van der Waals surface area (Å²) in [6.07, 6.45) is -3.19. The fourth-order valence-corrected chi connectivity index (χ4v) is 6.62. The van der Waals surface area contributed by atoms with Crippen LogP contribution < -0.4 is 0 Å². The molecule has 3 aliphatic rings. The van der Waals surface area contributed by atoms with E-state index in [1.54, 1.807) is 22.8 Å². The second-order valence-corrected chi connectivity index (χ2v) is 11.3. The molecule has 1 aromatic heterocycles. The predicted molar refractivity (Wildman–Crippen MR) is 126 cm³/mol. The number of carboxylic acids is 2. The van der Waals surface area contributed by atoms with Crippen LogP contribution in [0.1, 0.15) is 30.4 Å². The van der Waals surface area contributed by atoms with Crippen LogP contribution in [-0.4, -0.2) is 76.7 Å². The van der Waals surface area contributed by atoms with Gasteiger partial charge in [-0.2, -0.15) is 30.6 Å². The van der Waals surface area contributed by atoms with E-state index in [0.717, 1.165) is 43.1 Å². The van der Waals surface area contributed by atoms with Crippen molar-refractivity contribution >= 4 is 22.0 Å². The summed E-state index contributed by atoms with van der Waals surface area (Å²) in [5, 5.41) is 14.2. The second-order valence-electron chi connectivity index (χ2n) is 9.44. The van der Waals surface area contributed by atoms with Gasteiger partial charge in [0.1, 0.15) is 0 Å². The van der Waals surface area contributed by atoms with Gasteiger partial charge in [0, 0.05) is 38.6 Å². The summed E-state index contributed by atoms with van der Waals surface area (Å²) in [4.78, 5) is 24.9. The first-order valence-electron chi connectivity index (χ1n) is 11.8. The molecule has 220 valence electrons. The number of carboxylic acid groups (broad SMARTS) is 2. The van der Waals surface area contributed by atoms with Gasteiger partial charge >= 0.3 is 24.3 Å². The first-order valence-corrected chi connectivity index (χ1v) is 13.3. The van der Waals surface area contributed by atoms with Crippen LogP contribution in [0.15, 0.2) is 53.7 Å². The van der Waals surface area contributed by atoms with Gasteiger partial charge in [-0.15, -0.1) is 0 Å². The summed E-state index contributed by atoms with van der Waals surface area (Å²) < 4.78 is 92.0. The maximum absolute atomic E-state index is 13.4. The zero-order chi connectivity index (χ0) is 29.9. The number of carbonyl (C=O) groups is 2. The summed E-state index contributed by atoms with van der Waals surface area (Å²) in [5.74, 6) is -4.70. The number of hydrogen-bond acceptors (Lipinski definition) is 6. The Hall–Kier alpha value is -3.24. The molecule has 0 bridgehead atoms. The summed E-state index contributed by atoms with van der Waals surface area (Å²) >= 11 is 0. The summed E-state index contributed by atoms with van der Waals surface area (Å²) in [5.41, 5.74) is 1.46. The third kappa shape index (κ3) is 7.28. The Morgan fingerprint density at radius 2 is 1.55 bits per heavy atom. The number of aliphatic carboxylic acids is 2. The molecule has 16 heteroatoms. The fourth-order valence-electron chi connectivity index (χ4n) is 4.57. The zero-order valence-corrected chi connectivity index (χ0v) is 21.5. The van der Waals surface area contributed by atoms with Crippen molar-refractivity contribution in [1.29, 1.82) is 0 Å². The molecule has 3 heterocycles. The molecule has 1 atom stereocenters. The van der Waals surface area contributed by atoms with E-state index in [9.17, 15) is 34.8 Å². The Kier molecular flexibility index (Phi) is 9.16. The second kappa shape index (κ2) is 11.7. The molecular weight excluding hydrogens is 572 g/mol. The molecule has 2 aliphatic heterocycles. The largest absolute Gasteiger partial charge is 0.490 e. The van der Waals surface area contributed by atoms with Crippen LogP contribution in [-0.2, 0) is 31.7 Å². The molecule has 2 fully saturated rings. The van der Waals surface area contributed by atoms with Crippen molar-refractivity contribution in [2.45, 2.75) is 48.6 Å². The van der Waals surface area contributed by atoms with Gasteiger partial charge in [0.2, 0.25) is 10.0 Å². The van der Waals surface area contributed by atoms with Gasteiger partial charge in [-0.25, -0.2) is 18.0 Å². The van der Waals surface area contributed by atoms with Crippen molar-refractivity contribution in [3.8, 4) is 0 Å². The lowest BCUT2D eigenvalue weighted by Crippen LogP contribution is -2.45. The fraction of sp³-hybridized carbons (Fsp3) is 0.458. The van der Waals surface area contributed by atoms with Crippen molar-refractivity contribution in [3.05, 3.63) is 59.9 Å². The van der Waals surface area contributed by atoms with Crippen molar-refractivity contribution < 1.29 is 54.6 Å². The molecule has 0 amide bonds. The molecule has 1 aliphatic carbocycles. The van der Waals surface area contributed by atoms with E-state index in [1.165, 1.54) is 12.8 Å². The van der Waals surface area contributed by atoms with Gasteiger partial charge in [0.05, 0.1) is 10.4 Å². The van der Waals surface area contributed by atoms with Crippen LogP contribution in [0, 0.1) is 5.92 Å². The van der Waals surface area contributed by atoms with Gasteiger partial charge in [0.15, 0.2) is 0 Å². The van der Waals surface area contributed by atoms with Crippen LogP contribution in [0.3, 0.4) is 0 Å². The highest BCUT2D eigenvalue weighted by Crippen LogP contribution is 2.50. The van der Waals surface area contributed by atoms with Crippen LogP contribution in [0.25, 0.3) is 0 Å². The number of aromatic nitrogens is 1. The molecular formula is C24H25F6N3O6S. The number of nitrogens with zero attached hydrogens (tertiary/aromatic N) is 3. The maximum atomic E-state index is 13.4. The number of sulfonamides is 1. The quantitative estimate of drug-likeness (QED) is 0.509. The number of benzene rings is 1. The van der Waals surface area contributed by atoms with E-state index in [0.29, 0.717) is 11.4 Å². The number of hydrogen-bond donors (Lipinski definition) is 2. The number of rotatable bonds is 4. The molecule has 2 N–H and O–H groups in total. The lowest BCUT2D eigenvalue weighted by atomic mass is 9.88. The standard InChI is InChI=1S/C20H23N3O2S.2C2HF3O2/c24-26(25)19-6-2-1-5-18(19)20(9-11-22(15-20)13-16-7-8-16)23(26)14-17-4-3-10-21-12-17;2*3-2(4,5)1(6)7/h1-6,10,12,16H,7-9,11,13-15H2;2*(H,6,7). The Bertz CT molecular complexity index is 1290. The maximum Gasteiger partial charge on any atom is 0.490 e. The zero-order valence-electron chi connectivity index (χ0n) is 20.7. The number of likely N-dealkylation sites (tertiary alicyclic amines) is 1. The Labute approximate surface area is 225 Å². The molecule has 40 heavy (non-hydrogen) atoms. The van der Waals surface area contributed by atoms with Crippen molar-refractivity contribution in [2.24, 2.45) is 5.92 Å². The first kappa shape index (κ1) is 31.3. The van der Waals surface area contributed by atoms with E-state index >= 15 is 0 Å². The van der Waals surface area contributed by atoms with Gasteiger partial charge in [0.25, 0.3) is 0 Å². The highest BCUT2D eigenvalue weighted by molar-refractivity contribution is 7.89. The molecule has 1 saturated heterocycles. The minimum atomic E-state index is -5.08. The smallest absolute Gasteiger partial charge is 0.475 e. The monoisotopic (exact) mass is 597 g/mol. The molecule has 5 rings (SSSR count). The predicted octanol–water partition coefficient (Wildman–Crippen LogP) is 3.86. The van der Waals surface area contributed by atoms with E-state index in [1.807, 2.05) is 30.3 Å². The van der Waals surface area contributed by atoms with Gasteiger partial charge < -0.3 is 15.1 Å². The lowest BCUT2D eigenvalue weighted by molar-refractivity contribution is -0.193. The first-order chi connectivity index (χ1) is 18.5.